The van der Waals surface area contributed by atoms with Gasteiger partial charge in [-0.1, -0.05) is 0 Å². The van der Waals surface area contributed by atoms with Gasteiger partial charge in [0.05, 0.1) is 0 Å². The van der Waals surface area contributed by atoms with Crippen molar-refractivity contribution < 1.29 is 24.8 Å². The number of aryl methyl sites for hydroxylation is 1. The molecule has 102 valence electrons. The fourth-order valence-electron chi connectivity index (χ4n) is 2.35. The largest absolute Gasteiger partial charge is 0.508 e. The molecule has 0 aliphatic rings. The van der Waals surface area contributed by atoms with Gasteiger partial charge in [-0.25, -0.2) is 4.79 Å². The molecule has 20 heavy (non-hydrogen) atoms. The van der Waals surface area contributed by atoms with E-state index in [9.17, 15) is 25.2 Å². The van der Waals surface area contributed by atoms with Gasteiger partial charge in [0.2, 0.25) is 0 Å². The molecule has 0 saturated carbocycles. The zero-order valence-corrected chi connectivity index (χ0v) is 10.3. The Morgan fingerprint density at radius 1 is 0.950 bits per heavy atom. The number of fused-ring (bicyclic) bond motifs is 3. The fourth-order valence-corrected chi connectivity index (χ4v) is 2.35. The number of hydrogen-bond donors (Lipinski definition) is 4. The highest BCUT2D eigenvalue weighted by Crippen LogP contribution is 2.40. The molecule has 0 radical (unpaired) electrons. The van der Waals surface area contributed by atoms with Crippen LogP contribution in [0.5, 0.6) is 23.0 Å². The van der Waals surface area contributed by atoms with Crippen molar-refractivity contribution in [2.24, 2.45) is 0 Å². The Kier molecular flexibility index (Phi) is 2.31. The van der Waals surface area contributed by atoms with Crippen molar-refractivity contribution >= 4 is 21.7 Å². The second kappa shape index (κ2) is 3.80. The van der Waals surface area contributed by atoms with Gasteiger partial charge in [0, 0.05) is 28.5 Å². The summed E-state index contributed by atoms with van der Waals surface area (Å²) in [7, 11) is 0. The van der Waals surface area contributed by atoms with E-state index in [-0.39, 0.29) is 33.4 Å². The zero-order chi connectivity index (χ0) is 14.6. The van der Waals surface area contributed by atoms with Crippen LogP contribution in [0.4, 0.5) is 0 Å². The summed E-state index contributed by atoms with van der Waals surface area (Å²) in [6.07, 6.45) is 0. The topological polar surface area (TPSA) is 111 Å². The summed E-state index contributed by atoms with van der Waals surface area (Å²) in [5.74, 6) is -1.41. The molecule has 0 amide bonds. The van der Waals surface area contributed by atoms with Crippen LogP contribution in [0.2, 0.25) is 0 Å². The SMILES string of the molecule is Cc1c(O)c(O)cc2oc(=O)c3c(O)cc(O)cc3c12. The van der Waals surface area contributed by atoms with E-state index in [4.69, 9.17) is 4.42 Å². The van der Waals surface area contributed by atoms with E-state index in [2.05, 4.69) is 0 Å². The van der Waals surface area contributed by atoms with Crippen molar-refractivity contribution in [2.75, 3.05) is 0 Å². The molecule has 2 aromatic carbocycles. The first-order chi connectivity index (χ1) is 9.40. The summed E-state index contributed by atoms with van der Waals surface area (Å²) < 4.78 is 5.04. The summed E-state index contributed by atoms with van der Waals surface area (Å²) in [6, 6.07) is 3.43. The first-order valence-corrected chi connectivity index (χ1v) is 5.74. The maximum atomic E-state index is 11.9. The number of rotatable bonds is 0. The van der Waals surface area contributed by atoms with Gasteiger partial charge in [0.1, 0.15) is 22.5 Å². The van der Waals surface area contributed by atoms with Crippen molar-refractivity contribution in [1.82, 2.24) is 0 Å². The lowest BCUT2D eigenvalue weighted by Gasteiger charge is -2.09. The van der Waals surface area contributed by atoms with Gasteiger partial charge < -0.3 is 24.8 Å². The average Bonchev–Trinajstić information content (AvgIpc) is 2.34. The summed E-state index contributed by atoms with van der Waals surface area (Å²) in [5, 5.41) is 39.2. The number of phenolic OH excluding ortho intramolecular Hbond substituents is 4. The smallest absolute Gasteiger partial charge is 0.347 e. The third-order valence-corrected chi connectivity index (χ3v) is 3.27. The molecule has 3 aromatic rings. The molecular formula is C14H10O6. The fraction of sp³-hybridized carbons (Fsp3) is 0.0714. The van der Waals surface area contributed by atoms with Crippen LogP contribution in [0.3, 0.4) is 0 Å². The lowest BCUT2D eigenvalue weighted by atomic mass is 10.0. The van der Waals surface area contributed by atoms with Crippen LogP contribution in [0.1, 0.15) is 5.56 Å². The zero-order valence-electron chi connectivity index (χ0n) is 10.3. The third kappa shape index (κ3) is 1.48. The normalized spacial score (nSPS) is 11.2. The quantitative estimate of drug-likeness (QED) is 0.284. The van der Waals surface area contributed by atoms with Crippen molar-refractivity contribution in [3.05, 3.63) is 34.2 Å². The summed E-state index contributed by atoms with van der Waals surface area (Å²) in [5.41, 5.74) is -0.464. The van der Waals surface area contributed by atoms with Crippen molar-refractivity contribution in [2.45, 2.75) is 6.92 Å². The molecule has 0 aliphatic heterocycles. The number of phenols is 4. The molecule has 6 nitrogen and oxygen atoms in total. The standard InChI is InChI=1S/C14H10O6/c1-5-11-7-2-6(15)3-8(16)12(7)14(19)20-10(11)4-9(17)13(5)18/h2-4,15-18H,1H3. The Hall–Kier alpha value is -2.89. The van der Waals surface area contributed by atoms with E-state index in [1.54, 1.807) is 0 Å². The second-order valence-corrected chi connectivity index (χ2v) is 4.52. The summed E-state index contributed by atoms with van der Waals surface area (Å²) in [6.45, 7) is 1.53. The third-order valence-electron chi connectivity index (χ3n) is 3.27. The van der Waals surface area contributed by atoms with E-state index in [1.165, 1.54) is 13.0 Å². The lowest BCUT2D eigenvalue weighted by molar-refractivity contribution is 0.401. The van der Waals surface area contributed by atoms with Gasteiger partial charge in [-0.3, -0.25) is 0 Å². The average molecular weight is 274 g/mol. The van der Waals surface area contributed by atoms with Crippen molar-refractivity contribution in [3.63, 3.8) is 0 Å². The monoisotopic (exact) mass is 274 g/mol. The maximum Gasteiger partial charge on any atom is 0.347 e. The number of aromatic hydroxyl groups is 4. The van der Waals surface area contributed by atoms with E-state index in [1.807, 2.05) is 0 Å². The molecule has 0 aliphatic carbocycles. The molecule has 1 aromatic heterocycles. The summed E-state index contributed by atoms with van der Waals surface area (Å²) in [4.78, 5) is 11.9. The Morgan fingerprint density at radius 2 is 1.65 bits per heavy atom. The van der Waals surface area contributed by atoms with Crippen LogP contribution in [0.25, 0.3) is 21.7 Å². The van der Waals surface area contributed by atoms with E-state index in [0.717, 1.165) is 12.1 Å². The van der Waals surface area contributed by atoms with Crippen LogP contribution in [0, 0.1) is 6.92 Å². The second-order valence-electron chi connectivity index (χ2n) is 4.52. The van der Waals surface area contributed by atoms with E-state index < -0.39 is 17.1 Å². The van der Waals surface area contributed by atoms with Gasteiger partial charge in [0.25, 0.3) is 0 Å². The Labute approximate surface area is 111 Å². The maximum absolute atomic E-state index is 11.9. The minimum absolute atomic E-state index is 0.0558. The summed E-state index contributed by atoms with van der Waals surface area (Å²) >= 11 is 0. The van der Waals surface area contributed by atoms with Crippen LogP contribution in [-0.2, 0) is 0 Å². The molecule has 0 fully saturated rings. The molecule has 4 N–H and O–H groups in total. The van der Waals surface area contributed by atoms with Crippen LogP contribution in [-0.4, -0.2) is 20.4 Å². The van der Waals surface area contributed by atoms with Gasteiger partial charge in [-0.15, -0.1) is 0 Å². The molecule has 0 spiro atoms. The highest BCUT2D eigenvalue weighted by molar-refractivity contribution is 6.09. The lowest BCUT2D eigenvalue weighted by Crippen LogP contribution is -2.01. The predicted octanol–water partition coefficient (Wildman–Crippen LogP) is 2.08. The van der Waals surface area contributed by atoms with Gasteiger partial charge >= 0.3 is 5.63 Å². The van der Waals surface area contributed by atoms with Crippen molar-refractivity contribution in [3.8, 4) is 23.0 Å². The molecule has 3 rings (SSSR count). The van der Waals surface area contributed by atoms with E-state index >= 15 is 0 Å². The minimum Gasteiger partial charge on any atom is -0.508 e. The van der Waals surface area contributed by atoms with Gasteiger partial charge in [-0.2, -0.15) is 0 Å². The first-order valence-electron chi connectivity index (χ1n) is 5.74. The molecule has 0 atom stereocenters. The number of hydrogen-bond acceptors (Lipinski definition) is 6. The van der Waals surface area contributed by atoms with Gasteiger partial charge in [0.15, 0.2) is 11.5 Å². The minimum atomic E-state index is -0.797. The molecular weight excluding hydrogens is 264 g/mol. The highest BCUT2D eigenvalue weighted by Gasteiger charge is 2.18. The molecule has 0 saturated heterocycles. The van der Waals surface area contributed by atoms with E-state index in [0.29, 0.717) is 5.39 Å². The first kappa shape index (κ1) is 12.2. The van der Waals surface area contributed by atoms with Gasteiger partial charge in [-0.05, 0) is 13.0 Å². The Morgan fingerprint density at radius 3 is 2.35 bits per heavy atom. The Bertz CT molecular complexity index is 923. The molecule has 6 heteroatoms. The van der Waals surface area contributed by atoms with Crippen LogP contribution in [0.15, 0.2) is 27.4 Å². The molecule has 1 heterocycles. The Balaban J connectivity index is 2.72. The number of benzene rings is 2. The van der Waals surface area contributed by atoms with Crippen molar-refractivity contribution in [1.29, 1.82) is 0 Å². The predicted molar refractivity (Wildman–Crippen MR) is 71.4 cm³/mol. The molecule has 0 bridgehead atoms. The van der Waals surface area contributed by atoms with Crippen LogP contribution >= 0.6 is 0 Å². The highest BCUT2D eigenvalue weighted by atomic mass is 16.4. The van der Waals surface area contributed by atoms with Crippen LogP contribution < -0.4 is 5.63 Å². The molecule has 0 unspecified atom stereocenters.